The predicted octanol–water partition coefficient (Wildman–Crippen LogP) is 3.14. The Morgan fingerprint density at radius 1 is 1.55 bits per heavy atom. The van der Waals surface area contributed by atoms with Crippen LogP contribution >= 0.6 is 27.7 Å². The SMILES string of the molecule is Cc1oc2c(c1Br)CSCC2. The van der Waals surface area contributed by atoms with Gasteiger partial charge in [-0.2, -0.15) is 11.8 Å². The molecule has 3 heteroatoms. The maximum Gasteiger partial charge on any atom is 0.115 e. The fourth-order valence-electron chi connectivity index (χ4n) is 1.31. The number of fused-ring (bicyclic) bond motifs is 1. The molecule has 0 aromatic carbocycles. The van der Waals surface area contributed by atoms with Gasteiger partial charge in [0.05, 0.1) is 4.47 Å². The molecule has 0 radical (unpaired) electrons. The molecule has 60 valence electrons. The van der Waals surface area contributed by atoms with Crippen molar-refractivity contribution in [2.45, 2.75) is 19.1 Å². The Bertz CT molecular complexity index is 280. The Morgan fingerprint density at radius 2 is 2.36 bits per heavy atom. The van der Waals surface area contributed by atoms with Gasteiger partial charge in [-0.15, -0.1) is 0 Å². The van der Waals surface area contributed by atoms with Crippen LogP contribution in [0.5, 0.6) is 0 Å². The van der Waals surface area contributed by atoms with Crippen LogP contribution in [0.4, 0.5) is 0 Å². The van der Waals surface area contributed by atoms with E-state index in [1.54, 1.807) is 0 Å². The number of thioether (sulfide) groups is 1. The molecule has 1 aromatic rings. The number of hydrogen-bond acceptors (Lipinski definition) is 2. The Labute approximate surface area is 78.7 Å². The van der Waals surface area contributed by atoms with Crippen LogP contribution in [-0.4, -0.2) is 5.75 Å². The summed E-state index contributed by atoms with van der Waals surface area (Å²) in [4.78, 5) is 0. The van der Waals surface area contributed by atoms with Crippen LogP contribution in [0.15, 0.2) is 8.89 Å². The van der Waals surface area contributed by atoms with E-state index in [1.807, 2.05) is 18.7 Å². The van der Waals surface area contributed by atoms with Gasteiger partial charge in [-0.05, 0) is 22.9 Å². The second-order valence-corrected chi connectivity index (χ2v) is 4.57. The molecule has 0 fully saturated rings. The fourth-order valence-corrected chi connectivity index (χ4v) is 2.92. The van der Waals surface area contributed by atoms with Gasteiger partial charge in [0.25, 0.3) is 0 Å². The molecule has 0 aliphatic carbocycles. The molecule has 1 aliphatic heterocycles. The van der Waals surface area contributed by atoms with E-state index in [0.717, 1.165) is 17.9 Å². The monoisotopic (exact) mass is 232 g/mol. The zero-order valence-electron chi connectivity index (χ0n) is 6.32. The van der Waals surface area contributed by atoms with Crippen LogP contribution in [-0.2, 0) is 12.2 Å². The summed E-state index contributed by atoms with van der Waals surface area (Å²) in [5.74, 6) is 4.52. The molecule has 1 aliphatic rings. The van der Waals surface area contributed by atoms with Gasteiger partial charge < -0.3 is 4.42 Å². The topological polar surface area (TPSA) is 13.1 Å². The van der Waals surface area contributed by atoms with Crippen molar-refractivity contribution in [2.75, 3.05) is 5.75 Å². The summed E-state index contributed by atoms with van der Waals surface area (Å²) in [6.07, 6.45) is 1.09. The third-order valence-corrected chi connectivity index (χ3v) is 3.93. The highest BCUT2D eigenvalue weighted by Gasteiger charge is 2.18. The van der Waals surface area contributed by atoms with Gasteiger partial charge in [0.2, 0.25) is 0 Å². The summed E-state index contributed by atoms with van der Waals surface area (Å²) in [7, 11) is 0. The second kappa shape index (κ2) is 2.87. The quantitative estimate of drug-likeness (QED) is 0.682. The minimum atomic E-state index is 1.03. The molecule has 0 saturated carbocycles. The molecular weight excluding hydrogens is 224 g/mol. The second-order valence-electron chi connectivity index (χ2n) is 2.68. The average molecular weight is 233 g/mol. The molecule has 0 atom stereocenters. The predicted molar refractivity (Wildman–Crippen MR) is 51.0 cm³/mol. The smallest absolute Gasteiger partial charge is 0.115 e. The fraction of sp³-hybridized carbons (Fsp3) is 0.500. The molecular formula is C8H9BrOS. The lowest BCUT2D eigenvalue weighted by atomic mass is 10.2. The molecule has 2 rings (SSSR count). The van der Waals surface area contributed by atoms with Crippen molar-refractivity contribution in [3.8, 4) is 0 Å². The molecule has 0 bridgehead atoms. The van der Waals surface area contributed by atoms with Gasteiger partial charge in [-0.3, -0.25) is 0 Å². The number of halogens is 1. The van der Waals surface area contributed by atoms with E-state index >= 15 is 0 Å². The van der Waals surface area contributed by atoms with Gasteiger partial charge in [-0.1, -0.05) is 0 Å². The first-order chi connectivity index (χ1) is 5.29. The van der Waals surface area contributed by atoms with Crippen molar-refractivity contribution >= 4 is 27.7 Å². The Balaban J connectivity index is 2.50. The van der Waals surface area contributed by atoms with Crippen molar-refractivity contribution in [1.29, 1.82) is 0 Å². The highest BCUT2D eigenvalue weighted by Crippen LogP contribution is 2.34. The van der Waals surface area contributed by atoms with Crippen LogP contribution < -0.4 is 0 Å². The Hall–Kier alpha value is 0.110. The third kappa shape index (κ3) is 1.25. The van der Waals surface area contributed by atoms with E-state index in [2.05, 4.69) is 15.9 Å². The third-order valence-electron chi connectivity index (χ3n) is 1.91. The molecule has 0 spiro atoms. The van der Waals surface area contributed by atoms with Crippen molar-refractivity contribution in [2.24, 2.45) is 0 Å². The molecule has 0 unspecified atom stereocenters. The number of aryl methyl sites for hydroxylation is 2. The molecule has 0 N–H and O–H groups in total. The largest absolute Gasteiger partial charge is 0.465 e. The zero-order valence-corrected chi connectivity index (χ0v) is 8.72. The van der Waals surface area contributed by atoms with E-state index < -0.39 is 0 Å². The minimum Gasteiger partial charge on any atom is -0.465 e. The van der Waals surface area contributed by atoms with Crippen molar-refractivity contribution in [3.05, 3.63) is 21.6 Å². The van der Waals surface area contributed by atoms with E-state index in [1.165, 1.54) is 21.5 Å². The van der Waals surface area contributed by atoms with Gasteiger partial charge in [0.15, 0.2) is 0 Å². The van der Waals surface area contributed by atoms with Gasteiger partial charge in [0.1, 0.15) is 11.5 Å². The number of rotatable bonds is 0. The number of hydrogen-bond donors (Lipinski definition) is 0. The maximum absolute atomic E-state index is 5.58. The highest BCUT2D eigenvalue weighted by molar-refractivity contribution is 9.10. The lowest BCUT2D eigenvalue weighted by Gasteiger charge is -2.08. The first-order valence-electron chi connectivity index (χ1n) is 3.63. The van der Waals surface area contributed by atoms with Crippen LogP contribution in [0.2, 0.25) is 0 Å². The number of furan rings is 1. The maximum atomic E-state index is 5.58. The van der Waals surface area contributed by atoms with Gasteiger partial charge >= 0.3 is 0 Å². The molecule has 1 aromatic heterocycles. The summed E-state index contributed by atoms with van der Waals surface area (Å²) >= 11 is 5.50. The highest BCUT2D eigenvalue weighted by atomic mass is 79.9. The average Bonchev–Trinajstić information content (AvgIpc) is 2.30. The standard InChI is InChI=1S/C8H9BrOS/c1-5-8(9)6-4-11-3-2-7(6)10-5/h2-4H2,1H3. The molecule has 0 saturated heterocycles. The summed E-state index contributed by atoms with van der Waals surface area (Å²) in [5.41, 5.74) is 1.37. The van der Waals surface area contributed by atoms with E-state index in [4.69, 9.17) is 4.42 Å². The van der Waals surface area contributed by atoms with Crippen molar-refractivity contribution in [3.63, 3.8) is 0 Å². The Kier molecular flexibility index (Phi) is 2.02. The van der Waals surface area contributed by atoms with Crippen LogP contribution in [0.1, 0.15) is 17.1 Å². The first kappa shape index (κ1) is 7.74. The summed E-state index contributed by atoms with van der Waals surface area (Å²) in [5, 5.41) is 0. The van der Waals surface area contributed by atoms with Crippen LogP contribution in [0, 0.1) is 6.92 Å². The summed E-state index contributed by atoms with van der Waals surface area (Å²) in [6, 6.07) is 0. The van der Waals surface area contributed by atoms with E-state index in [9.17, 15) is 0 Å². The molecule has 11 heavy (non-hydrogen) atoms. The zero-order chi connectivity index (χ0) is 7.84. The van der Waals surface area contributed by atoms with Crippen LogP contribution in [0.25, 0.3) is 0 Å². The minimum absolute atomic E-state index is 1.03. The summed E-state index contributed by atoms with van der Waals surface area (Å²) < 4.78 is 6.76. The summed E-state index contributed by atoms with van der Waals surface area (Å²) in [6.45, 7) is 2.01. The van der Waals surface area contributed by atoms with Crippen LogP contribution in [0.3, 0.4) is 0 Å². The van der Waals surface area contributed by atoms with Gasteiger partial charge in [0, 0.05) is 23.5 Å². The molecule has 1 nitrogen and oxygen atoms in total. The lowest BCUT2D eigenvalue weighted by molar-refractivity contribution is 0.485. The normalized spacial score (nSPS) is 16.5. The van der Waals surface area contributed by atoms with Crippen molar-refractivity contribution in [1.82, 2.24) is 0 Å². The Morgan fingerprint density at radius 3 is 3.09 bits per heavy atom. The van der Waals surface area contributed by atoms with E-state index in [-0.39, 0.29) is 0 Å². The van der Waals surface area contributed by atoms with Gasteiger partial charge in [-0.25, -0.2) is 0 Å². The van der Waals surface area contributed by atoms with Crippen molar-refractivity contribution < 1.29 is 4.42 Å². The van der Waals surface area contributed by atoms with E-state index in [0.29, 0.717) is 0 Å². The lowest BCUT2D eigenvalue weighted by Crippen LogP contribution is -1.98. The molecule has 0 amide bonds. The molecule has 2 heterocycles. The first-order valence-corrected chi connectivity index (χ1v) is 5.58.